The maximum absolute atomic E-state index is 9.17. The van der Waals surface area contributed by atoms with E-state index < -0.39 is 0 Å². The molecule has 0 atom stereocenters. The number of hydrogen-bond donors (Lipinski definition) is 0. The molecule has 1 aromatic carbocycles. The van der Waals surface area contributed by atoms with Crippen LogP contribution in [-0.4, -0.2) is 18.5 Å². The molecule has 84 valence electrons. The highest BCUT2D eigenvalue weighted by Crippen LogP contribution is 2.40. The molecule has 2 nitrogen and oxygen atoms in total. The second-order valence-electron chi connectivity index (χ2n) is 4.90. The third-order valence-corrected chi connectivity index (χ3v) is 3.42. The molecule has 16 heavy (non-hydrogen) atoms. The molecule has 0 radical (unpaired) electrons. The Morgan fingerprint density at radius 3 is 2.50 bits per heavy atom. The molecule has 1 aliphatic rings. The Morgan fingerprint density at radius 2 is 2.00 bits per heavy atom. The van der Waals surface area contributed by atoms with Crippen molar-refractivity contribution >= 4 is 0 Å². The standard InChI is InChI=1S/C14H18N2/c1-16(10-13-6-3-2-4-7-13)12-14(11-15)8-5-9-14/h2-4,6-7H,5,8-10,12H2,1H3. The van der Waals surface area contributed by atoms with Crippen molar-refractivity contribution in [2.75, 3.05) is 13.6 Å². The van der Waals surface area contributed by atoms with Gasteiger partial charge in [0.05, 0.1) is 11.5 Å². The predicted molar refractivity (Wildman–Crippen MR) is 64.7 cm³/mol. The fourth-order valence-electron chi connectivity index (χ4n) is 2.38. The van der Waals surface area contributed by atoms with Crippen molar-refractivity contribution in [3.05, 3.63) is 35.9 Å². The Labute approximate surface area is 97.5 Å². The molecular formula is C14H18N2. The van der Waals surface area contributed by atoms with Crippen molar-refractivity contribution in [1.82, 2.24) is 4.90 Å². The van der Waals surface area contributed by atoms with E-state index in [1.165, 1.54) is 12.0 Å². The van der Waals surface area contributed by atoms with Gasteiger partial charge in [0, 0.05) is 13.1 Å². The number of rotatable bonds is 4. The van der Waals surface area contributed by atoms with E-state index in [2.05, 4.69) is 42.3 Å². The molecule has 0 aromatic heterocycles. The van der Waals surface area contributed by atoms with E-state index in [0.717, 1.165) is 25.9 Å². The zero-order valence-electron chi connectivity index (χ0n) is 9.82. The van der Waals surface area contributed by atoms with E-state index in [1.54, 1.807) is 0 Å². The van der Waals surface area contributed by atoms with Crippen molar-refractivity contribution in [3.8, 4) is 6.07 Å². The lowest BCUT2D eigenvalue weighted by molar-refractivity contribution is 0.134. The number of hydrogen-bond acceptors (Lipinski definition) is 2. The molecular weight excluding hydrogens is 196 g/mol. The summed E-state index contributed by atoms with van der Waals surface area (Å²) >= 11 is 0. The van der Waals surface area contributed by atoms with Gasteiger partial charge < -0.3 is 4.90 Å². The van der Waals surface area contributed by atoms with E-state index >= 15 is 0 Å². The van der Waals surface area contributed by atoms with Crippen LogP contribution in [0.5, 0.6) is 0 Å². The molecule has 1 aromatic rings. The lowest BCUT2D eigenvalue weighted by Gasteiger charge is -2.38. The van der Waals surface area contributed by atoms with Crippen LogP contribution < -0.4 is 0 Å². The van der Waals surface area contributed by atoms with Crippen molar-refractivity contribution in [2.45, 2.75) is 25.8 Å². The smallest absolute Gasteiger partial charge is 0.0703 e. The molecule has 1 saturated carbocycles. The first kappa shape index (κ1) is 11.2. The fraction of sp³-hybridized carbons (Fsp3) is 0.500. The number of nitriles is 1. The average molecular weight is 214 g/mol. The van der Waals surface area contributed by atoms with Crippen molar-refractivity contribution in [3.63, 3.8) is 0 Å². The highest BCUT2D eigenvalue weighted by atomic mass is 15.1. The topological polar surface area (TPSA) is 27.0 Å². The molecule has 0 N–H and O–H groups in total. The molecule has 0 spiro atoms. The normalized spacial score (nSPS) is 17.8. The Hall–Kier alpha value is -1.33. The monoisotopic (exact) mass is 214 g/mol. The molecule has 0 amide bonds. The molecule has 0 bridgehead atoms. The van der Waals surface area contributed by atoms with Gasteiger partial charge in [-0.3, -0.25) is 0 Å². The molecule has 0 aliphatic heterocycles. The van der Waals surface area contributed by atoms with Crippen LogP contribution in [0.3, 0.4) is 0 Å². The van der Waals surface area contributed by atoms with Gasteiger partial charge in [-0.2, -0.15) is 5.26 Å². The van der Waals surface area contributed by atoms with Crippen LogP contribution in [0.4, 0.5) is 0 Å². The van der Waals surface area contributed by atoms with Crippen LogP contribution in [0, 0.1) is 16.7 Å². The van der Waals surface area contributed by atoms with Gasteiger partial charge in [-0.15, -0.1) is 0 Å². The van der Waals surface area contributed by atoms with Crippen molar-refractivity contribution in [2.24, 2.45) is 5.41 Å². The van der Waals surface area contributed by atoms with Gasteiger partial charge in [-0.25, -0.2) is 0 Å². The summed E-state index contributed by atoms with van der Waals surface area (Å²) < 4.78 is 0. The number of benzene rings is 1. The largest absolute Gasteiger partial charge is 0.301 e. The van der Waals surface area contributed by atoms with Gasteiger partial charge in [-0.05, 0) is 25.5 Å². The molecule has 0 unspecified atom stereocenters. The summed E-state index contributed by atoms with van der Waals surface area (Å²) in [5.74, 6) is 0. The Bertz CT molecular complexity index is 373. The predicted octanol–water partition coefficient (Wildman–Crippen LogP) is 2.81. The third-order valence-electron chi connectivity index (χ3n) is 3.42. The van der Waals surface area contributed by atoms with Crippen molar-refractivity contribution < 1.29 is 0 Å². The quantitative estimate of drug-likeness (QED) is 0.770. The van der Waals surface area contributed by atoms with Gasteiger partial charge in [0.25, 0.3) is 0 Å². The van der Waals surface area contributed by atoms with Crippen LogP contribution in [0.25, 0.3) is 0 Å². The van der Waals surface area contributed by atoms with Crippen LogP contribution in [0.15, 0.2) is 30.3 Å². The lowest BCUT2D eigenvalue weighted by Crippen LogP contribution is -2.39. The molecule has 1 fully saturated rings. The average Bonchev–Trinajstić information content (AvgIpc) is 2.25. The summed E-state index contributed by atoms with van der Waals surface area (Å²) in [6, 6.07) is 12.9. The first-order valence-corrected chi connectivity index (χ1v) is 5.88. The van der Waals surface area contributed by atoms with E-state index in [9.17, 15) is 5.26 Å². The summed E-state index contributed by atoms with van der Waals surface area (Å²) in [4.78, 5) is 2.26. The summed E-state index contributed by atoms with van der Waals surface area (Å²) in [6.07, 6.45) is 3.36. The Morgan fingerprint density at radius 1 is 1.31 bits per heavy atom. The second-order valence-corrected chi connectivity index (χ2v) is 4.90. The highest BCUT2D eigenvalue weighted by Gasteiger charge is 2.37. The first-order valence-electron chi connectivity index (χ1n) is 5.88. The van der Waals surface area contributed by atoms with Gasteiger partial charge in [0.1, 0.15) is 0 Å². The minimum absolute atomic E-state index is 0.0521. The van der Waals surface area contributed by atoms with Crippen LogP contribution in [-0.2, 0) is 6.54 Å². The van der Waals surface area contributed by atoms with Gasteiger partial charge in [-0.1, -0.05) is 36.8 Å². The van der Waals surface area contributed by atoms with Gasteiger partial charge in [0.15, 0.2) is 0 Å². The van der Waals surface area contributed by atoms with E-state index in [1.807, 2.05) is 6.07 Å². The highest BCUT2D eigenvalue weighted by molar-refractivity contribution is 5.15. The van der Waals surface area contributed by atoms with E-state index in [-0.39, 0.29) is 5.41 Å². The van der Waals surface area contributed by atoms with Gasteiger partial charge >= 0.3 is 0 Å². The van der Waals surface area contributed by atoms with Crippen LogP contribution >= 0.6 is 0 Å². The zero-order chi connectivity index (χ0) is 11.4. The summed E-state index contributed by atoms with van der Waals surface area (Å²) in [7, 11) is 2.10. The Balaban J connectivity index is 1.90. The van der Waals surface area contributed by atoms with E-state index in [0.29, 0.717) is 0 Å². The molecule has 1 aliphatic carbocycles. The second kappa shape index (κ2) is 4.67. The fourth-order valence-corrected chi connectivity index (χ4v) is 2.38. The van der Waals surface area contributed by atoms with Crippen LogP contribution in [0.2, 0.25) is 0 Å². The lowest BCUT2D eigenvalue weighted by atomic mass is 9.69. The summed E-state index contributed by atoms with van der Waals surface area (Å²) in [5, 5.41) is 9.17. The minimum Gasteiger partial charge on any atom is -0.301 e. The van der Waals surface area contributed by atoms with Crippen LogP contribution in [0.1, 0.15) is 24.8 Å². The van der Waals surface area contributed by atoms with Gasteiger partial charge in [0.2, 0.25) is 0 Å². The molecule has 0 saturated heterocycles. The zero-order valence-corrected chi connectivity index (χ0v) is 9.82. The molecule has 2 rings (SSSR count). The third kappa shape index (κ3) is 2.43. The maximum atomic E-state index is 9.17. The number of nitrogens with zero attached hydrogens (tertiary/aromatic N) is 2. The van der Waals surface area contributed by atoms with E-state index in [4.69, 9.17) is 0 Å². The first-order chi connectivity index (χ1) is 7.74. The SMILES string of the molecule is CN(Cc1ccccc1)CC1(C#N)CCC1. The minimum atomic E-state index is -0.0521. The maximum Gasteiger partial charge on any atom is 0.0703 e. The molecule has 0 heterocycles. The van der Waals surface area contributed by atoms with Crippen molar-refractivity contribution in [1.29, 1.82) is 5.26 Å². The molecule has 2 heteroatoms. The Kier molecular flexibility index (Phi) is 3.26. The summed E-state index contributed by atoms with van der Waals surface area (Å²) in [6.45, 7) is 1.84. The summed E-state index contributed by atoms with van der Waals surface area (Å²) in [5.41, 5.74) is 1.26.